The van der Waals surface area contributed by atoms with E-state index in [1.54, 1.807) is 0 Å². The zero-order valence-electron chi connectivity index (χ0n) is 8.76. The van der Waals surface area contributed by atoms with Gasteiger partial charge in [0.25, 0.3) is 0 Å². The van der Waals surface area contributed by atoms with Gasteiger partial charge in [0.05, 0.1) is 11.8 Å². The molecular formula is C11H14BrN3. The van der Waals surface area contributed by atoms with Gasteiger partial charge in [0.15, 0.2) is 0 Å². The molecule has 0 aliphatic carbocycles. The van der Waals surface area contributed by atoms with Crippen LogP contribution in [0.25, 0.3) is 0 Å². The standard InChI is InChI=1S/C11H14BrN3/c1-9-10(12)5-6-11(15-9)14-8-4-2-3-7-13/h5-6H,2-4,8H2,1H3,(H,14,15). The number of rotatable bonds is 5. The fourth-order valence-electron chi connectivity index (χ4n) is 1.19. The lowest BCUT2D eigenvalue weighted by Crippen LogP contribution is -2.03. The SMILES string of the molecule is Cc1nc(NCCCCC#N)ccc1Br. The molecule has 0 saturated heterocycles. The monoisotopic (exact) mass is 267 g/mol. The number of unbranched alkanes of at least 4 members (excludes halogenated alkanes) is 2. The molecule has 80 valence electrons. The van der Waals surface area contributed by atoms with Gasteiger partial charge in [-0.1, -0.05) is 0 Å². The first-order chi connectivity index (χ1) is 7.24. The molecule has 0 aromatic carbocycles. The second kappa shape index (κ2) is 6.41. The summed E-state index contributed by atoms with van der Waals surface area (Å²) in [4.78, 5) is 4.37. The minimum atomic E-state index is 0.633. The molecule has 0 fully saturated rings. The number of hydrogen-bond donors (Lipinski definition) is 1. The largest absolute Gasteiger partial charge is 0.370 e. The highest BCUT2D eigenvalue weighted by atomic mass is 79.9. The van der Waals surface area contributed by atoms with Crippen LogP contribution in [0.3, 0.4) is 0 Å². The van der Waals surface area contributed by atoms with Gasteiger partial charge in [0, 0.05) is 17.4 Å². The molecule has 3 nitrogen and oxygen atoms in total. The lowest BCUT2D eigenvalue weighted by Gasteiger charge is -2.06. The Kier molecular flexibility index (Phi) is 5.13. The number of pyridine rings is 1. The van der Waals surface area contributed by atoms with Crippen LogP contribution in [0.15, 0.2) is 16.6 Å². The van der Waals surface area contributed by atoms with E-state index < -0.39 is 0 Å². The van der Waals surface area contributed by atoms with Gasteiger partial charge in [-0.05, 0) is 47.8 Å². The zero-order chi connectivity index (χ0) is 11.1. The quantitative estimate of drug-likeness (QED) is 0.834. The van der Waals surface area contributed by atoms with E-state index in [4.69, 9.17) is 5.26 Å². The van der Waals surface area contributed by atoms with Crippen LogP contribution in [-0.4, -0.2) is 11.5 Å². The van der Waals surface area contributed by atoms with E-state index in [1.165, 1.54) is 0 Å². The van der Waals surface area contributed by atoms with E-state index in [9.17, 15) is 0 Å². The molecule has 15 heavy (non-hydrogen) atoms. The van der Waals surface area contributed by atoms with Crippen molar-refractivity contribution in [2.24, 2.45) is 0 Å². The molecule has 0 aliphatic rings. The Labute approximate surface area is 98.7 Å². The second-order valence-electron chi connectivity index (χ2n) is 3.31. The highest BCUT2D eigenvalue weighted by Gasteiger charge is 1.97. The Bertz CT molecular complexity index is 357. The van der Waals surface area contributed by atoms with Crippen LogP contribution in [0.4, 0.5) is 5.82 Å². The lowest BCUT2D eigenvalue weighted by atomic mass is 10.2. The van der Waals surface area contributed by atoms with E-state index in [-0.39, 0.29) is 0 Å². The summed E-state index contributed by atoms with van der Waals surface area (Å²) < 4.78 is 1.03. The molecule has 1 heterocycles. The molecule has 0 bridgehead atoms. The number of nitrogens with zero attached hydrogens (tertiary/aromatic N) is 2. The maximum absolute atomic E-state index is 8.36. The summed E-state index contributed by atoms with van der Waals surface area (Å²) in [6.07, 6.45) is 2.58. The average Bonchev–Trinajstić information content (AvgIpc) is 2.23. The van der Waals surface area contributed by atoms with Gasteiger partial charge in [0.2, 0.25) is 0 Å². The van der Waals surface area contributed by atoms with Crippen molar-refractivity contribution in [2.75, 3.05) is 11.9 Å². The minimum Gasteiger partial charge on any atom is -0.370 e. The number of anilines is 1. The average molecular weight is 268 g/mol. The Hall–Kier alpha value is -1.08. The summed E-state index contributed by atoms with van der Waals surface area (Å²) >= 11 is 3.41. The van der Waals surface area contributed by atoms with E-state index >= 15 is 0 Å². The Morgan fingerprint density at radius 1 is 1.47 bits per heavy atom. The maximum Gasteiger partial charge on any atom is 0.126 e. The van der Waals surface area contributed by atoms with Gasteiger partial charge < -0.3 is 5.32 Å². The molecule has 0 radical (unpaired) electrons. The summed E-state index contributed by atoms with van der Waals surface area (Å²) in [5, 5.41) is 11.6. The third kappa shape index (κ3) is 4.30. The van der Waals surface area contributed by atoms with Crippen molar-refractivity contribution < 1.29 is 0 Å². The molecule has 0 amide bonds. The van der Waals surface area contributed by atoms with Crippen molar-refractivity contribution in [3.8, 4) is 6.07 Å². The highest BCUT2D eigenvalue weighted by molar-refractivity contribution is 9.10. The zero-order valence-corrected chi connectivity index (χ0v) is 10.3. The highest BCUT2D eigenvalue weighted by Crippen LogP contribution is 2.16. The molecule has 1 aromatic rings. The predicted molar refractivity (Wildman–Crippen MR) is 64.6 cm³/mol. The molecule has 0 unspecified atom stereocenters. The summed E-state index contributed by atoms with van der Waals surface area (Å²) in [6, 6.07) is 6.07. The fourth-order valence-corrected chi connectivity index (χ4v) is 1.41. The third-order valence-electron chi connectivity index (χ3n) is 2.04. The maximum atomic E-state index is 8.36. The number of aromatic nitrogens is 1. The van der Waals surface area contributed by atoms with E-state index in [0.717, 1.165) is 35.4 Å². The molecule has 0 atom stereocenters. The van der Waals surface area contributed by atoms with Gasteiger partial charge >= 0.3 is 0 Å². The van der Waals surface area contributed by atoms with E-state index in [2.05, 4.69) is 32.3 Å². The summed E-state index contributed by atoms with van der Waals surface area (Å²) in [5.74, 6) is 0.896. The molecule has 1 rings (SSSR count). The van der Waals surface area contributed by atoms with Crippen molar-refractivity contribution in [3.63, 3.8) is 0 Å². The normalized spacial score (nSPS) is 9.67. The molecule has 1 aromatic heterocycles. The summed E-state index contributed by atoms with van der Waals surface area (Å²) in [6.45, 7) is 2.83. The van der Waals surface area contributed by atoms with Crippen molar-refractivity contribution in [2.45, 2.75) is 26.2 Å². The van der Waals surface area contributed by atoms with E-state index in [0.29, 0.717) is 6.42 Å². The van der Waals surface area contributed by atoms with Gasteiger partial charge in [0.1, 0.15) is 5.82 Å². The minimum absolute atomic E-state index is 0.633. The number of hydrogen-bond acceptors (Lipinski definition) is 3. The van der Waals surface area contributed by atoms with Crippen LogP contribution in [0, 0.1) is 18.3 Å². The third-order valence-corrected chi connectivity index (χ3v) is 2.88. The first-order valence-electron chi connectivity index (χ1n) is 4.98. The molecule has 4 heteroatoms. The van der Waals surface area contributed by atoms with Crippen LogP contribution < -0.4 is 5.32 Å². The first kappa shape index (κ1) is 12.0. The van der Waals surface area contributed by atoms with Crippen molar-refractivity contribution in [1.29, 1.82) is 5.26 Å². The van der Waals surface area contributed by atoms with Gasteiger partial charge in [-0.15, -0.1) is 0 Å². The molecule has 0 aliphatic heterocycles. The van der Waals surface area contributed by atoms with Gasteiger partial charge in [-0.3, -0.25) is 0 Å². The Morgan fingerprint density at radius 3 is 2.93 bits per heavy atom. The molecular weight excluding hydrogens is 254 g/mol. The van der Waals surface area contributed by atoms with Crippen LogP contribution in [0.1, 0.15) is 25.0 Å². The number of nitriles is 1. The van der Waals surface area contributed by atoms with Crippen LogP contribution in [-0.2, 0) is 0 Å². The first-order valence-corrected chi connectivity index (χ1v) is 5.77. The Morgan fingerprint density at radius 2 is 2.27 bits per heavy atom. The topological polar surface area (TPSA) is 48.7 Å². The number of aryl methyl sites for hydroxylation is 1. The molecule has 1 N–H and O–H groups in total. The van der Waals surface area contributed by atoms with Crippen LogP contribution >= 0.6 is 15.9 Å². The number of nitrogens with one attached hydrogen (secondary N) is 1. The van der Waals surface area contributed by atoms with Gasteiger partial charge in [-0.25, -0.2) is 4.98 Å². The van der Waals surface area contributed by atoms with Crippen LogP contribution in [0.2, 0.25) is 0 Å². The molecule has 0 spiro atoms. The van der Waals surface area contributed by atoms with Gasteiger partial charge in [-0.2, -0.15) is 5.26 Å². The Balaban J connectivity index is 2.32. The second-order valence-corrected chi connectivity index (χ2v) is 4.16. The summed E-state index contributed by atoms with van der Waals surface area (Å²) in [5.41, 5.74) is 0.983. The smallest absolute Gasteiger partial charge is 0.126 e. The molecule has 0 saturated carbocycles. The van der Waals surface area contributed by atoms with E-state index in [1.807, 2.05) is 19.1 Å². The lowest BCUT2D eigenvalue weighted by molar-refractivity contribution is 0.782. The van der Waals surface area contributed by atoms with Crippen molar-refractivity contribution in [1.82, 2.24) is 4.98 Å². The fraction of sp³-hybridized carbons (Fsp3) is 0.455. The summed E-state index contributed by atoms with van der Waals surface area (Å²) in [7, 11) is 0. The predicted octanol–water partition coefficient (Wildman–Crippen LogP) is 3.26. The number of halogens is 1. The van der Waals surface area contributed by atoms with Crippen LogP contribution in [0.5, 0.6) is 0 Å². The van der Waals surface area contributed by atoms with Crippen molar-refractivity contribution in [3.05, 3.63) is 22.3 Å². The van der Waals surface area contributed by atoms with Crippen molar-refractivity contribution >= 4 is 21.7 Å².